The van der Waals surface area contributed by atoms with E-state index in [2.05, 4.69) is 18.5 Å². The zero-order chi connectivity index (χ0) is 9.72. The zero-order valence-corrected chi connectivity index (χ0v) is 8.72. The summed E-state index contributed by atoms with van der Waals surface area (Å²) in [7, 11) is 0. The summed E-state index contributed by atoms with van der Waals surface area (Å²) >= 11 is 4.92. The van der Waals surface area contributed by atoms with Crippen molar-refractivity contribution in [2.75, 3.05) is 0 Å². The minimum Gasteiger partial charge on any atom is -0.353 e. The molecule has 0 rings (SSSR count). The van der Waals surface area contributed by atoms with E-state index in [0.717, 1.165) is 21.8 Å². The van der Waals surface area contributed by atoms with Crippen LogP contribution in [0.5, 0.6) is 0 Å². The van der Waals surface area contributed by atoms with Gasteiger partial charge < -0.3 is 5.32 Å². The van der Waals surface area contributed by atoms with Gasteiger partial charge in [0.15, 0.2) is 0 Å². The summed E-state index contributed by atoms with van der Waals surface area (Å²) in [5, 5.41) is 3.05. The van der Waals surface area contributed by atoms with Gasteiger partial charge in [0.25, 0.3) is 0 Å². The molecule has 0 saturated heterocycles. The van der Waals surface area contributed by atoms with Crippen molar-refractivity contribution >= 4 is 17.2 Å². The van der Waals surface area contributed by atoms with Gasteiger partial charge >= 0.3 is 0 Å². The SMILES string of the molecule is C=C/C(C(=C)C)=C(/C)NC(C)=S. The number of rotatable bonds is 3. The van der Waals surface area contributed by atoms with Crippen molar-refractivity contribution in [2.24, 2.45) is 0 Å². The first-order chi connectivity index (χ1) is 5.49. The lowest BCUT2D eigenvalue weighted by Gasteiger charge is -2.09. The van der Waals surface area contributed by atoms with Crippen LogP contribution in [0.3, 0.4) is 0 Å². The second-order valence-corrected chi connectivity index (χ2v) is 3.32. The Bertz CT molecular complexity index is 249. The molecule has 0 fully saturated rings. The van der Waals surface area contributed by atoms with Crippen LogP contribution in [0.2, 0.25) is 0 Å². The van der Waals surface area contributed by atoms with Gasteiger partial charge in [0.05, 0.1) is 4.99 Å². The molecular formula is C10H15NS. The van der Waals surface area contributed by atoms with Crippen molar-refractivity contribution in [2.45, 2.75) is 20.8 Å². The molecule has 0 aromatic heterocycles. The topological polar surface area (TPSA) is 12.0 Å². The Labute approximate surface area is 79.9 Å². The molecule has 0 aromatic rings. The van der Waals surface area contributed by atoms with Crippen LogP contribution < -0.4 is 5.32 Å². The fraction of sp³-hybridized carbons (Fsp3) is 0.300. The number of hydrogen-bond donors (Lipinski definition) is 1. The van der Waals surface area contributed by atoms with Crippen LogP contribution >= 0.6 is 12.2 Å². The molecule has 1 N–H and O–H groups in total. The van der Waals surface area contributed by atoms with Gasteiger partial charge in [-0.05, 0) is 31.9 Å². The minimum atomic E-state index is 0.758. The minimum absolute atomic E-state index is 0.758. The maximum Gasteiger partial charge on any atom is 0.0763 e. The lowest BCUT2D eigenvalue weighted by Crippen LogP contribution is -2.16. The van der Waals surface area contributed by atoms with Crippen LogP contribution in [0.4, 0.5) is 0 Å². The first kappa shape index (κ1) is 11.1. The third-order valence-electron chi connectivity index (χ3n) is 1.43. The van der Waals surface area contributed by atoms with Crippen LogP contribution in [-0.2, 0) is 0 Å². The van der Waals surface area contributed by atoms with E-state index < -0.39 is 0 Å². The molecule has 12 heavy (non-hydrogen) atoms. The highest BCUT2D eigenvalue weighted by atomic mass is 32.1. The summed E-state index contributed by atoms with van der Waals surface area (Å²) < 4.78 is 0. The first-order valence-electron chi connectivity index (χ1n) is 3.75. The quantitative estimate of drug-likeness (QED) is 0.530. The Morgan fingerprint density at radius 2 is 1.83 bits per heavy atom. The number of nitrogens with one attached hydrogen (secondary N) is 1. The molecule has 66 valence electrons. The van der Waals surface area contributed by atoms with Crippen LogP contribution in [0.15, 0.2) is 36.1 Å². The Balaban J connectivity index is 4.72. The molecular weight excluding hydrogens is 166 g/mol. The largest absolute Gasteiger partial charge is 0.353 e. The highest BCUT2D eigenvalue weighted by Gasteiger charge is 1.98. The van der Waals surface area contributed by atoms with Gasteiger partial charge in [0.2, 0.25) is 0 Å². The molecule has 2 heteroatoms. The van der Waals surface area contributed by atoms with Crippen LogP contribution in [0.1, 0.15) is 20.8 Å². The molecule has 0 unspecified atom stereocenters. The van der Waals surface area contributed by atoms with E-state index in [-0.39, 0.29) is 0 Å². The van der Waals surface area contributed by atoms with Crippen molar-refractivity contribution in [1.82, 2.24) is 5.32 Å². The Morgan fingerprint density at radius 1 is 1.33 bits per heavy atom. The van der Waals surface area contributed by atoms with Crippen molar-refractivity contribution in [1.29, 1.82) is 0 Å². The Hall–Kier alpha value is -0.890. The highest BCUT2D eigenvalue weighted by molar-refractivity contribution is 7.80. The number of thiocarbonyl (C=S) groups is 1. The van der Waals surface area contributed by atoms with E-state index in [1.165, 1.54) is 0 Å². The van der Waals surface area contributed by atoms with Crippen molar-refractivity contribution in [3.8, 4) is 0 Å². The molecule has 0 aliphatic heterocycles. The molecule has 0 radical (unpaired) electrons. The van der Waals surface area contributed by atoms with Gasteiger partial charge in [-0.1, -0.05) is 31.5 Å². The summed E-state index contributed by atoms with van der Waals surface area (Å²) in [5.41, 5.74) is 3.02. The summed E-state index contributed by atoms with van der Waals surface area (Å²) in [6.45, 7) is 13.3. The molecule has 0 bridgehead atoms. The second kappa shape index (κ2) is 4.88. The van der Waals surface area contributed by atoms with E-state index in [1.807, 2.05) is 20.8 Å². The molecule has 1 nitrogen and oxygen atoms in total. The molecule has 0 amide bonds. The van der Waals surface area contributed by atoms with Gasteiger partial charge in [0, 0.05) is 5.70 Å². The molecule has 0 spiro atoms. The first-order valence-corrected chi connectivity index (χ1v) is 4.16. The number of allylic oxidation sites excluding steroid dienone is 4. The van der Waals surface area contributed by atoms with Crippen molar-refractivity contribution in [3.05, 3.63) is 36.1 Å². The fourth-order valence-corrected chi connectivity index (χ4v) is 1.13. The third-order valence-corrected chi connectivity index (χ3v) is 1.53. The van der Waals surface area contributed by atoms with E-state index >= 15 is 0 Å². The average molecular weight is 181 g/mol. The van der Waals surface area contributed by atoms with Gasteiger partial charge in [0.1, 0.15) is 0 Å². The van der Waals surface area contributed by atoms with Crippen LogP contribution in [0.25, 0.3) is 0 Å². The van der Waals surface area contributed by atoms with Crippen LogP contribution in [-0.4, -0.2) is 4.99 Å². The standard InChI is InChI=1S/C10H15NS/c1-6-10(7(2)3)8(4)11-9(5)12/h6H,1-2H2,3-5H3,(H,11,12)/b10-8+. The van der Waals surface area contributed by atoms with E-state index in [1.54, 1.807) is 6.08 Å². The predicted octanol–water partition coefficient (Wildman–Crippen LogP) is 2.96. The van der Waals surface area contributed by atoms with Gasteiger partial charge in [-0.15, -0.1) is 0 Å². The van der Waals surface area contributed by atoms with Gasteiger partial charge in [-0.2, -0.15) is 0 Å². The maximum absolute atomic E-state index is 4.92. The molecule has 0 aliphatic rings. The van der Waals surface area contributed by atoms with E-state index in [9.17, 15) is 0 Å². The molecule has 0 heterocycles. The van der Waals surface area contributed by atoms with E-state index in [4.69, 9.17) is 12.2 Å². The van der Waals surface area contributed by atoms with Crippen LogP contribution in [0, 0.1) is 0 Å². The highest BCUT2D eigenvalue weighted by Crippen LogP contribution is 2.11. The molecule has 0 aliphatic carbocycles. The summed E-state index contributed by atoms with van der Waals surface area (Å²) in [4.78, 5) is 0.758. The maximum atomic E-state index is 4.92. The molecule has 0 aromatic carbocycles. The Morgan fingerprint density at radius 3 is 2.08 bits per heavy atom. The van der Waals surface area contributed by atoms with Gasteiger partial charge in [-0.3, -0.25) is 0 Å². The fourth-order valence-electron chi connectivity index (χ4n) is 0.979. The molecule has 0 saturated carbocycles. The Kier molecular flexibility index (Phi) is 4.52. The lowest BCUT2D eigenvalue weighted by molar-refractivity contribution is 1.10. The smallest absolute Gasteiger partial charge is 0.0763 e. The van der Waals surface area contributed by atoms with Crippen molar-refractivity contribution in [3.63, 3.8) is 0 Å². The number of hydrogen-bond acceptors (Lipinski definition) is 1. The lowest BCUT2D eigenvalue weighted by atomic mass is 10.1. The predicted molar refractivity (Wildman–Crippen MR) is 59.1 cm³/mol. The van der Waals surface area contributed by atoms with E-state index in [0.29, 0.717) is 0 Å². The molecule has 0 atom stereocenters. The second-order valence-electron chi connectivity index (χ2n) is 2.70. The summed E-state index contributed by atoms with van der Waals surface area (Å²) in [6.07, 6.45) is 1.78. The third kappa shape index (κ3) is 3.49. The normalized spacial score (nSPS) is 11.6. The zero-order valence-electron chi connectivity index (χ0n) is 7.90. The average Bonchev–Trinajstić information content (AvgIpc) is 1.85. The summed E-state index contributed by atoms with van der Waals surface area (Å²) in [6, 6.07) is 0. The van der Waals surface area contributed by atoms with Crippen molar-refractivity contribution < 1.29 is 0 Å². The summed E-state index contributed by atoms with van der Waals surface area (Å²) in [5.74, 6) is 0. The monoisotopic (exact) mass is 181 g/mol. The van der Waals surface area contributed by atoms with Gasteiger partial charge in [-0.25, -0.2) is 0 Å².